The summed E-state index contributed by atoms with van der Waals surface area (Å²) in [6, 6.07) is 1.82. The Labute approximate surface area is 113 Å². The summed E-state index contributed by atoms with van der Waals surface area (Å²) in [6.07, 6.45) is 5.97. The largest absolute Gasteiger partial charge is 0.339 e. The van der Waals surface area contributed by atoms with Crippen molar-refractivity contribution in [3.8, 4) is 0 Å². The van der Waals surface area contributed by atoms with Gasteiger partial charge in [-0.15, -0.1) is 0 Å². The van der Waals surface area contributed by atoms with Crippen molar-refractivity contribution in [1.82, 2.24) is 14.9 Å². The van der Waals surface area contributed by atoms with Gasteiger partial charge in [-0.05, 0) is 24.8 Å². The number of hydrogen-bond acceptors (Lipinski definition) is 4. The van der Waals surface area contributed by atoms with Crippen LogP contribution in [-0.4, -0.2) is 47.0 Å². The van der Waals surface area contributed by atoms with Crippen LogP contribution in [0.4, 0.5) is 5.95 Å². The minimum absolute atomic E-state index is 0.208. The molecule has 2 fully saturated rings. The topological polar surface area (TPSA) is 49.3 Å². The van der Waals surface area contributed by atoms with Crippen LogP contribution in [0, 0.1) is 11.8 Å². The summed E-state index contributed by atoms with van der Waals surface area (Å²) >= 11 is 0. The monoisotopic (exact) mass is 260 g/mol. The van der Waals surface area contributed by atoms with E-state index in [0.717, 1.165) is 32.1 Å². The Morgan fingerprint density at radius 2 is 1.84 bits per heavy atom. The summed E-state index contributed by atoms with van der Waals surface area (Å²) in [5.74, 6) is 1.95. The number of piperazine rings is 1. The second-order valence-corrected chi connectivity index (χ2v) is 5.49. The number of hydrogen-bond donors (Lipinski definition) is 0. The van der Waals surface area contributed by atoms with Crippen LogP contribution < -0.4 is 4.90 Å². The number of anilines is 1. The molecule has 1 aliphatic heterocycles. The molecule has 1 aromatic heterocycles. The predicted octanol–water partition coefficient (Wildman–Crippen LogP) is 1.17. The lowest BCUT2D eigenvalue weighted by atomic mass is 10.0. The van der Waals surface area contributed by atoms with E-state index >= 15 is 0 Å². The van der Waals surface area contributed by atoms with Gasteiger partial charge in [0.25, 0.3) is 0 Å². The predicted molar refractivity (Wildman–Crippen MR) is 72.7 cm³/mol. The molecular weight excluding hydrogens is 240 g/mol. The van der Waals surface area contributed by atoms with Crippen molar-refractivity contribution in [2.24, 2.45) is 11.8 Å². The molecule has 2 aliphatic rings. The molecule has 2 heterocycles. The molecule has 5 nitrogen and oxygen atoms in total. The number of aromatic nitrogens is 2. The minimum Gasteiger partial charge on any atom is -0.339 e. The first kappa shape index (κ1) is 12.4. The molecule has 5 heteroatoms. The number of amides is 1. The zero-order valence-corrected chi connectivity index (χ0v) is 11.3. The number of carbonyl (C=O) groups excluding carboxylic acids is 1. The van der Waals surface area contributed by atoms with Crippen LogP contribution in [0.15, 0.2) is 18.5 Å². The van der Waals surface area contributed by atoms with E-state index in [1.54, 1.807) is 12.4 Å². The molecule has 0 spiro atoms. The van der Waals surface area contributed by atoms with Gasteiger partial charge >= 0.3 is 0 Å². The fraction of sp³-hybridized carbons (Fsp3) is 0.643. The summed E-state index contributed by atoms with van der Waals surface area (Å²) in [7, 11) is 0. The van der Waals surface area contributed by atoms with Crippen LogP contribution in [0.1, 0.15) is 19.8 Å². The molecule has 19 heavy (non-hydrogen) atoms. The van der Waals surface area contributed by atoms with Gasteiger partial charge in [0.1, 0.15) is 0 Å². The van der Waals surface area contributed by atoms with E-state index in [0.29, 0.717) is 11.8 Å². The van der Waals surface area contributed by atoms with Crippen LogP contribution in [0.5, 0.6) is 0 Å². The molecule has 1 amide bonds. The van der Waals surface area contributed by atoms with Gasteiger partial charge in [-0.2, -0.15) is 0 Å². The number of nitrogens with zero attached hydrogens (tertiary/aromatic N) is 4. The SMILES string of the molecule is CC(C(=O)N1CCN(c2ncccn2)CC1)C1CC1. The Bertz CT molecular complexity index is 438. The molecular formula is C14H20N4O. The van der Waals surface area contributed by atoms with Crippen LogP contribution in [0.2, 0.25) is 0 Å². The van der Waals surface area contributed by atoms with Crippen LogP contribution >= 0.6 is 0 Å². The van der Waals surface area contributed by atoms with Gasteiger partial charge in [0, 0.05) is 44.5 Å². The Morgan fingerprint density at radius 3 is 2.42 bits per heavy atom. The fourth-order valence-electron chi connectivity index (χ4n) is 2.67. The van der Waals surface area contributed by atoms with Crippen molar-refractivity contribution in [3.05, 3.63) is 18.5 Å². The van der Waals surface area contributed by atoms with E-state index in [1.165, 1.54) is 12.8 Å². The molecule has 1 aliphatic carbocycles. The third-order valence-corrected chi connectivity index (χ3v) is 4.14. The highest BCUT2D eigenvalue weighted by molar-refractivity contribution is 5.79. The van der Waals surface area contributed by atoms with E-state index in [2.05, 4.69) is 21.8 Å². The van der Waals surface area contributed by atoms with Crippen LogP contribution in [0.25, 0.3) is 0 Å². The van der Waals surface area contributed by atoms with Crippen molar-refractivity contribution in [2.45, 2.75) is 19.8 Å². The molecule has 102 valence electrons. The van der Waals surface area contributed by atoms with Crippen LogP contribution in [0.3, 0.4) is 0 Å². The van der Waals surface area contributed by atoms with Gasteiger partial charge < -0.3 is 9.80 Å². The Kier molecular flexibility index (Phi) is 3.36. The zero-order chi connectivity index (χ0) is 13.2. The van der Waals surface area contributed by atoms with E-state index in [4.69, 9.17) is 0 Å². The first-order valence-corrected chi connectivity index (χ1v) is 7.06. The lowest BCUT2D eigenvalue weighted by Crippen LogP contribution is -2.50. The first-order valence-electron chi connectivity index (χ1n) is 7.06. The number of rotatable bonds is 3. The van der Waals surface area contributed by atoms with Gasteiger partial charge in [0.05, 0.1) is 0 Å². The summed E-state index contributed by atoms with van der Waals surface area (Å²) < 4.78 is 0. The molecule has 1 unspecified atom stereocenters. The summed E-state index contributed by atoms with van der Waals surface area (Å²) in [4.78, 5) is 25.0. The maximum atomic E-state index is 12.3. The third-order valence-electron chi connectivity index (χ3n) is 4.14. The molecule has 0 N–H and O–H groups in total. The summed E-state index contributed by atoms with van der Waals surface area (Å²) in [5.41, 5.74) is 0. The lowest BCUT2D eigenvalue weighted by Gasteiger charge is -2.36. The molecule has 3 rings (SSSR count). The van der Waals surface area contributed by atoms with Crippen molar-refractivity contribution < 1.29 is 4.79 Å². The highest BCUT2D eigenvalue weighted by Crippen LogP contribution is 2.37. The van der Waals surface area contributed by atoms with E-state index in [9.17, 15) is 4.79 Å². The maximum absolute atomic E-state index is 12.3. The lowest BCUT2D eigenvalue weighted by molar-refractivity contribution is -0.135. The van der Waals surface area contributed by atoms with Gasteiger partial charge in [-0.25, -0.2) is 9.97 Å². The maximum Gasteiger partial charge on any atom is 0.225 e. The van der Waals surface area contributed by atoms with Crippen molar-refractivity contribution in [2.75, 3.05) is 31.1 Å². The van der Waals surface area contributed by atoms with Crippen LogP contribution in [-0.2, 0) is 4.79 Å². The van der Waals surface area contributed by atoms with Gasteiger partial charge in [-0.3, -0.25) is 4.79 Å². The Balaban J connectivity index is 1.56. The zero-order valence-electron chi connectivity index (χ0n) is 11.3. The second-order valence-electron chi connectivity index (χ2n) is 5.49. The Morgan fingerprint density at radius 1 is 1.21 bits per heavy atom. The van der Waals surface area contributed by atoms with E-state index in [-0.39, 0.29) is 5.92 Å². The second kappa shape index (κ2) is 5.15. The van der Waals surface area contributed by atoms with E-state index in [1.807, 2.05) is 11.0 Å². The summed E-state index contributed by atoms with van der Waals surface area (Å²) in [5, 5.41) is 0. The standard InChI is InChI=1S/C14H20N4O/c1-11(12-3-4-12)13(19)17-7-9-18(10-8-17)14-15-5-2-6-16-14/h2,5-6,11-12H,3-4,7-10H2,1H3. The average molecular weight is 260 g/mol. The molecule has 0 radical (unpaired) electrons. The van der Waals surface area contributed by atoms with Crippen molar-refractivity contribution in [1.29, 1.82) is 0 Å². The molecule has 1 atom stereocenters. The van der Waals surface area contributed by atoms with Gasteiger partial charge in [0.15, 0.2) is 0 Å². The first-order chi connectivity index (χ1) is 9.25. The molecule has 1 saturated heterocycles. The molecule has 1 aromatic rings. The van der Waals surface area contributed by atoms with E-state index < -0.39 is 0 Å². The fourth-order valence-corrected chi connectivity index (χ4v) is 2.67. The van der Waals surface area contributed by atoms with Crippen molar-refractivity contribution >= 4 is 11.9 Å². The third kappa shape index (κ3) is 2.69. The van der Waals surface area contributed by atoms with Crippen molar-refractivity contribution in [3.63, 3.8) is 0 Å². The molecule has 0 bridgehead atoms. The smallest absolute Gasteiger partial charge is 0.225 e. The minimum atomic E-state index is 0.208. The normalized spacial score (nSPS) is 21.3. The quantitative estimate of drug-likeness (QED) is 0.818. The highest BCUT2D eigenvalue weighted by atomic mass is 16.2. The number of carbonyl (C=O) groups is 1. The molecule has 0 aromatic carbocycles. The molecule has 1 saturated carbocycles. The van der Waals surface area contributed by atoms with Gasteiger partial charge in [0.2, 0.25) is 11.9 Å². The highest BCUT2D eigenvalue weighted by Gasteiger charge is 2.35. The van der Waals surface area contributed by atoms with Gasteiger partial charge in [-0.1, -0.05) is 6.92 Å². The Hall–Kier alpha value is -1.65. The summed E-state index contributed by atoms with van der Waals surface area (Å²) in [6.45, 7) is 5.30. The average Bonchev–Trinajstić information content (AvgIpc) is 3.31.